The zero-order chi connectivity index (χ0) is 29.0. The number of rotatable bonds is 4. The first-order valence-electron chi connectivity index (χ1n) is 12.1. The van der Waals surface area contributed by atoms with Crippen LogP contribution in [0.5, 0.6) is 11.5 Å². The molecule has 0 spiro atoms. The minimum absolute atomic E-state index is 0.300. The number of anilines is 4. The van der Waals surface area contributed by atoms with E-state index in [1.54, 1.807) is 36.4 Å². The number of alkyl halides is 6. The lowest BCUT2D eigenvalue weighted by molar-refractivity contribution is -0.138. The highest BCUT2D eigenvalue weighted by Crippen LogP contribution is 2.50. The van der Waals surface area contributed by atoms with E-state index in [4.69, 9.17) is 9.47 Å². The van der Waals surface area contributed by atoms with E-state index in [2.05, 4.69) is 0 Å². The largest absolute Gasteiger partial charge is 0.496 e. The summed E-state index contributed by atoms with van der Waals surface area (Å²) in [6.07, 6.45) is -9.02. The molecule has 40 heavy (non-hydrogen) atoms. The molecule has 0 radical (unpaired) electrons. The topological polar surface area (TPSA) is 24.9 Å². The van der Waals surface area contributed by atoms with Gasteiger partial charge in [-0.15, -0.1) is 0 Å². The van der Waals surface area contributed by atoms with Gasteiger partial charge in [0.25, 0.3) is 0 Å². The Labute approximate surface area is 227 Å². The Morgan fingerprint density at radius 3 is 1.20 bits per heavy atom. The zero-order valence-electron chi connectivity index (χ0n) is 21.9. The van der Waals surface area contributed by atoms with Crippen LogP contribution >= 0.6 is 0 Å². The first-order chi connectivity index (χ1) is 18.8. The summed E-state index contributed by atoms with van der Waals surface area (Å²) in [5, 5.41) is 0. The normalized spacial score (nSPS) is 13.2. The maximum atomic E-state index is 13.4. The standard InChI is InChI=1S/C30H24F6N2O2/c1-37-23-9-5-18(22-16-20(30(34,35)36)8-12-28(22)40-4)14-26(23)38(2)24-10-6-17(13-25(24)37)21-15-19(29(31,32)33)7-11-27(21)39-3/h5-16H,1-4H3. The van der Waals surface area contributed by atoms with Crippen LogP contribution in [0.3, 0.4) is 0 Å². The first kappa shape index (κ1) is 27.2. The summed E-state index contributed by atoms with van der Waals surface area (Å²) in [4.78, 5) is 3.78. The quantitative estimate of drug-likeness (QED) is 0.234. The average Bonchev–Trinajstić information content (AvgIpc) is 2.93. The van der Waals surface area contributed by atoms with Crippen molar-refractivity contribution in [2.75, 3.05) is 38.1 Å². The van der Waals surface area contributed by atoms with Crippen LogP contribution in [-0.4, -0.2) is 28.3 Å². The van der Waals surface area contributed by atoms with Gasteiger partial charge in [0.1, 0.15) is 11.5 Å². The molecule has 0 amide bonds. The molecule has 1 heterocycles. The number of methoxy groups -OCH3 is 2. The molecule has 10 heteroatoms. The van der Waals surface area contributed by atoms with Crippen LogP contribution in [0.1, 0.15) is 11.1 Å². The molecule has 0 saturated heterocycles. The first-order valence-corrected chi connectivity index (χ1v) is 12.1. The molecule has 1 aliphatic rings. The van der Waals surface area contributed by atoms with E-state index in [9.17, 15) is 26.3 Å². The van der Waals surface area contributed by atoms with Crippen LogP contribution in [0, 0.1) is 0 Å². The Balaban J connectivity index is 1.59. The molecule has 0 atom stereocenters. The van der Waals surface area contributed by atoms with Gasteiger partial charge in [0.15, 0.2) is 0 Å². The maximum Gasteiger partial charge on any atom is 0.416 e. The Morgan fingerprint density at radius 1 is 0.500 bits per heavy atom. The number of benzene rings is 4. The van der Waals surface area contributed by atoms with E-state index in [1.165, 1.54) is 26.4 Å². The minimum Gasteiger partial charge on any atom is -0.496 e. The summed E-state index contributed by atoms with van der Waals surface area (Å²) in [5.41, 5.74) is 3.10. The second-order valence-corrected chi connectivity index (χ2v) is 9.35. The summed E-state index contributed by atoms with van der Waals surface area (Å²) in [5.74, 6) is 0.611. The Bertz CT molecular complexity index is 1480. The smallest absolute Gasteiger partial charge is 0.416 e. The highest BCUT2D eigenvalue weighted by Gasteiger charge is 2.33. The third-order valence-corrected chi connectivity index (χ3v) is 7.07. The molecule has 0 fully saturated rings. The predicted octanol–water partition coefficient (Wildman–Crippen LogP) is 8.92. The van der Waals surface area contributed by atoms with Gasteiger partial charge in [-0.3, -0.25) is 0 Å². The predicted molar refractivity (Wildman–Crippen MR) is 143 cm³/mol. The van der Waals surface area contributed by atoms with Crippen molar-refractivity contribution in [1.29, 1.82) is 0 Å². The molecule has 208 valence electrons. The lowest BCUT2D eigenvalue weighted by Gasteiger charge is -2.37. The van der Waals surface area contributed by atoms with E-state index >= 15 is 0 Å². The van der Waals surface area contributed by atoms with Crippen LogP contribution in [0.15, 0.2) is 72.8 Å². The number of fused-ring (bicyclic) bond motifs is 2. The second kappa shape index (κ2) is 9.69. The lowest BCUT2D eigenvalue weighted by Crippen LogP contribution is -2.24. The van der Waals surface area contributed by atoms with Gasteiger partial charge in [0.2, 0.25) is 0 Å². The highest BCUT2D eigenvalue weighted by molar-refractivity contribution is 5.96. The molecule has 4 aromatic carbocycles. The van der Waals surface area contributed by atoms with Gasteiger partial charge in [-0.2, -0.15) is 26.3 Å². The number of ether oxygens (including phenoxy) is 2. The molecule has 0 saturated carbocycles. The van der Waals surface area contributed by atoms with Crippen molar-refractivity contribution in [2.24, 2.45) is 0 Å². The molecule has 0 unspecified atom stereocenters. The second-order valence-electron chi connectivity index (χ2n) is 9.35. The third kappa shape index (κ3) is 4.67. The van der Waals surface area contributed by atoms with E-state index in [0.717, 1.165) is 47.0 Å². The Kier molecular flexibility index (Phi) is 6.60. The van der Waals surface area contributed by atoms with Gasteiger partial charge in [0.05, 0.1) is 48.1 Å². The van der Waals surface area contributed by atoms with Crippen molar-refractivity contribution >= 4 is 22.7 Å². The highest BCUT2D eigenvalue weighted by atomic mass is 19.4. The fourth-order valence-corrected chi connectivity index (χ4v) is 4.97. The lowest BCUT2D eigenvalue weighted by atomic mass is 9.97. The zero-order valence-corrected chi connectivity index (χ0v) is 21.9. The van der Waals surface area contributed by atoms with E-state index in [-0.39, 0.29) is 0 Å². The van der Waals surface area contributed by atoms with Crippen molar-refractivity contribution in [3.8, 4) is 33.8 Å². The molecular weight excluding hydrogens is 534 g/mol. The van der Waals surface area contributed by atoms with Crippen LogP contribution in [0.4, 0.5) is 49.1 Å². The molecule has 0 bridgehead atoms. The van der Waals surface area contributed by atoms with E-state index in [1.807, 2.05) is 23.9 Å². The van der Waals surface area contributed by atoms with Gasteiger partial charge in [0, 0.05) is 25.2 Å². The summed E-state index contributed by atoms with van der Waals surface area (Å²) >= 11 is 0. The van der Waals surface area contributed by atoms with Crippen molar-refractivity contribution in [1.82, 2.24) is 0 Å². The molecule has 4 nitrogen and oxygen atoms in total. The van der Waals surface area contributed by atoms with Crippen LogP contribution in [0.2, 0.25) is 0 Å². The van der Waals surface area contributed by atoms with Gasteiger partial charge < -0.3 is 19.3 Å². The summed E-state index contributed by atoms with van der Waals surface area (Å²) < 4.78 is 91.3. The Hall–Kier alpha value is -4.34. The molecular formula is C30H24F6N2O2. The number of nitrogens with zero attached hydrogens (tertiary/aromatic N) is 2. The van der Waals surface area contributed by atoms with Crippen LogP contribution in [-0.2, 0) is 12.4 Å². The molecule has 0 N–H and O–H groups in total. The van der Waals surface area contributed by atoms with Crippen molar-refractivity contribution in [3.63, 3.8) is 0 Å². The average molecular weight is 559 g/mol. The van der Waals surface area contributed by atoms with Crippen LogP contribution < -0.4 is 19.3 Å². The van der Waals surface area contributed by atoms with Gasteiger partial charge >= 0.3 is 12.4 Å². The maximum absolute atomic E-state index is 13.4. The summed E-state index contributed by atoms with van der Waals surface area (Å²) in [6, 6.07) is 17.3. The van der Waals surface area contributed by atoms with Crippen molar-refractivity contribution in [3.05, 3.63) is 83.9 Å². The van der Waals surface area contributed by atoms with Gasteiger partial charge in [-0.25, -0.2) is 0 Å². The fourth-order valence-electron chi connectivity index (χ4n) is 4.97. The van der Waals surface area contributed by atoms with Crippen LogP contribution in [0.25, 0.3) is 22.3 Å². The number of hydrogen-bond acceptors (Lipinski definition) is 4. The van der Waals surface area contributed by atoms with Gasteiger partial charge in [-0.05, 0) is 71.8 Å². The third-order valence-electron chi connectivity index (χ3n) is 7.07. The van der Waals surface area contributed by atoms with Gasteiger partial charge in [-0.1, -0.05) is 12.1 Å². The van der Waals surface area contributed by atoms with Crippen molar-refractivity contribution in [2.45, 2.75) is 12.4 Å². The summed E-state index contributed by atoms with van der Waals surface area (Å²) in [7, 11) is 6.44. The summed E-state index contributed by atoms with van der Waals surface area (Å²) in [6.45, 7) is 0. The van der Waals surface area contributed by atoms with E-state index < -0.39 is 23.5 Å². The molecule has 0 aliphatic carbocycles. The van der Waals surface area contributed by atoms with Crippen molar-refractivity contribution < 1.29 is 35.8 Å². The molecule has 4 aromatic rings. The minimum atomic E-state index is -4.51. The number of halogens is 6. The van der Waals surface area contributed by atoms with E-state index in [0.29, 0.717) is 33.8 Å². The number of hydrogen-bond donors (Lipinski definition) is 0. The Morgan fingerprint density at radius 2 is 0.875 bits per heavy atom. The molecule has 0 aromatic heterocycles. The SMILES string of the molecule is COc1ccc(C(F)(F)F)cc1-c1ccc2c(c1)N(C)c1ccc(-c3cc(C(F)(F)F)ccc3OC)cc1N2C. The monoisotopic (exact) mass is 558 g/mol. The molecule has 1 aliphatic heterocycles. The fraction of sp³-hybridized carbons (Fsp3) is 0.200. The molecule has 5 rings (SSSR count).